The van der Waals surface area contributed by atoms with E-state index in [-0.39, 0.29) is 12.6 Å². The maximum absolute atomic E-state index is 9.28. The van der Waals surface area contributed by atoms with Gasteiger partial charge in [0, 0.05) is 23.0 Å². The number of nitriles is 1. The Bertz CT molecular complexity index is 442. The van der Waals surface area contributed by atoms with Crippen LogP contribution in [0.1, 0.15) is 24.8 Å². The molecule has 2 N–H and O–H groups in total. The van der Waals surface area contributed by atoms with Gasteiger partial charge in [0.2, 0.25) is 0 Å². The minimum Gasteiger partial charge on any atom is -0.396 e. The maximum atomic E-state index is 9.28. The van der Waals surface area contributed by atoms with Crippen LogP contribution in [0.4, 0.5) is 5.69 Å². The van der Waals surface area contributed by atoms with Gasteiger partial charge in [0.1, 0.15) is 6.07 Å². The zero-order valence-corrected chi connectivity index (χ0v) is 11.1. The third kappa shape index (κ3) is 2.62. The molecule has 1 aromatic carbocycles. The summed E-state index contributed by atoms with van der Waals surface area (Å²) >= 11 is 3.38. The Morgan fingerprint density at radius 2 is 2.29 bits per heavy atom. The third-order valence-corrected chi connectivity index (χ3v) is 4.02. The molecule has 90 valence electrons. The van der Waals surface area contributed by atoms with Gasteiger partial charge in [0.15, 0.2) is 0 Å². The molecule has 0 amide bonds. The number of anilines is 1. The highest BCUT2D eigenvalue weighted by atomic mass is 79.9. The van der Waals surface area contributed by atoms with Crippen molar-refractivity contribution >= 4 is 21.6 Å². The smallest absolute Gasteiger partial charge is 0.103 e. The summed E-state index contributed by atoms with van der Waals surface area (Å²) in [6.45, 7) is 0.216. The monoisotopic (exact) mass is 294 g/mol. The summed E-state index contributed by atoms with van der Waals surface area (Å²) < 4.78 is 0.809. The summed E-state index contributed by atoms with van der Waals surface area (Å²) in [5, 5.41) is 21.8. The van der Waals surface area contributed by atoms with E-state index in [0.717, 1.165) is 29.4 Å². The molecule has 1 fully saturated rings. The molecule has 4 heteroatoms. The summed E-state index contributed by atoms with van der Waals surface area (Å²) in [6.07, 6.45) is 3.26. The van der Waals surface area contributed by atoms with Crippen LogP contribution in [-0.2, 0) is 0 Å². The first-order chi connectivity index (χ1) is 8.26. The van der Waals surface area contributed by atoms with Gasteiger partial charge in [-0.05, 0) is 40.9 Å². The normalized spacial score (nSPS) is 23.4. The third-order valence-electron chi connectivity index (χ3n) is 3.36. The van der Waals surface area contributed by atoms with Crippen molar-refractivity contribution in [2.24, 2.45) is 5.92 Å². The van der Waals surface area contributed by atoms with Gasteiger partial charge in [-0.3, -0.25) is 0 Å². The molecule has 0 aliphatic heterocycles. The van der Waals surface area contributed by atoms with E-state index < -0.39 is 0 Å². The van der Waals surface area contributed by atoms with E-state index in [1.54, 1.807) is 0 Å². The van der Waals surface area contributed by atoms with Gasteiger partial charge in [-0.1, -0.05) is 12.5 Å². The molecule has 3 nitrogen and oxygen atoms in total. The average Bonchev–Trinajstić information content (AvgIpc) is 2.77. The average molecular weight is 295 g/mol. The van der Waals surface area contributed by atoms with E-state index in [0.29, 0.717) is 11.5 Å². The van der Waals surface area contributed by atoms with Crippen LogP contribution in [-0.4, -0.2) is 17.8 Å². The SMILES string of the molecule is N#Cc1c(Br)cccc1NC1CCCC1CO. The van der Waals surface area contributed by atoms with Crippen molar-refractivity contribution in [3.63, 3.8) is 0 Å². The van der Waals surface area contributed by atoms with Crippen molar-refractivity contribution in [3.05, 3.63) is 28.2 Å². The fraction of sp³-hybridized carbons (Fsp3) is 0.462. The van der Waals surface area contributed by atoms with Crippen molar-refractivity contribution in [2.75, 3.05) is 11.9 Å². The molecule has 1 aliphatic carbocycles. The van der Waals surface area contributed by atoms with Crippen LogP contribution in [0.2, 0.25) is 0 Å². The lowest BCUT2D eigenvalue weighted by atomic mass is 10.0. The van der Waals surface area contributed by atoms with Gasteiger partial charge in [0.05, 0.1) is 11.3 Å². The largest absolute Gasteiger partial charge is 0.396 e. The molecular formula is C13H15BrN2O. The van der Waals surface area contributed by atoms with Gasteiger partial charge >= 0.3 is 0 Å². The fourth-order valence-electron chi connectivity index (χ4n) is 2.40. The number of benzene rings is 1. The predicted molar refractivity (Wildman–Crippen MR) is 70.7 cm³/mol. The second-order valence-electron chi connectivity index (χ2n) is 4.40. The van der Waals surface area contributed by atoms with Crippen LogP contribution in [0, 0.1) is 17.2 Å². The standard InChI is InChI=1S/C13H15BrN2O/c14-11-4-2-6-13(10(11)7-15)16-12-5-1-3-9(12)8-17/h2,4,6,9,12,16-17H,1,3,5,8H2. The van der Waals surface area contributed by atoms with E-state index in [9.17, 15) is 5.11 Å². The number of nitrogens with one attached hydrogen (secondary N) is 1. The predicted octanol–water partition coefficient (Wildman–Crippen LogP) is 2.89. The number of rotatable bonds is 3. The Kier molecular flexibility index (Phi) is 4.03. The second kappa shape index (κ2) is 5.52. The number of hydrogen-bond acceptors (Lipinski definition) is 3. The van der Waals surface area contributed by atoms with E-state index in [1.807, 2.05) is 18.2 Å². The molecule has 0 aromatic heterocycles. The van der Waals surface area contributed by atoms with Gasteiger partial charge < -0.3 is 10.4 Å². The van der Waals surface area contributed by atoms with Crippen LogP contribution >= 0.6 is 15.9 Å². The molecule has 0 bridgehead atoms. The van der Waals surface area contributed by atoms with Crippen molar-refractivity contribution in [3.8, 4) is 6.07 Å². The lowest BCUT2D eigenvalue weighted by Gasteiger charge is -2.21. The quantitative estimate of drug-likeness (QED) is 0.901. The van der Waals surface area contributed by atoms with E-state index in [4.69, 9.17) is 5.26 Å². The van der Waals surface area contributed by atoms with Gasteiger partial charge in [-0.15, -0.1) is 0 Å². The molecule has 1 aliphatic rings. The first-order valence-electron chi connectivity index (χ1n) is 5.82. The Labute approximate surface area is 110 Å². The van der Waals surface area contributed by atoms with Crippen molar-refractivity contribution in [1.29, 1.82) is 5.26 Å². The minimum absolute atomic E-state index is 0.216. The molecule has 1 saturated carbocycles. The van der Waals surface area contributed by atoms with Crippen molar-refractivity contribution in [1.82, 2.24) is 0 Å². The molecule has 1 aromatic rings. The first kappa shape index (κ1) is 12.4. The molecule has 0 radical (unpaired) electrons. The van der Waals surface area contributed by atoms with Crippen molar-refractivity contribution < 1.29 is 5.11 Å². The first-order valence-corrected chi connectivity index (χ1v) is 6.61. The van der Waals surface area contributed by atoms with Gasteiger partial charge in [-0.25, -0.2) is 0 Å². The summed E-state index contributed by atoms with van der Waals surface area (Å²) in [4.78, 5) is 0. The molecule has 2 rings (SSSR count). The van der Waals surface area contributed by atoms with Gasteiger partial charge in [-0.2, -0.15) is 5.26 Å². The van der Waals surface area contributed by atoms with Crippen LogP contribution in [0.25, 0.3) is 0 Å². The van der Waals surface area contributed by atoms with Crippen LogP contribution in [0.15, 0.2) is 22.7 Å². The molecule has 2 unspecified atom stereocenters. The highest BCUT2D eigenvalue weighted by molar-refractivity contribution is 9.10. The number of aliphatic hydroxyl groups is 1. The highest BCUT2D eigenvalue weighted by Gasteiger charge is 2.27. The number of nitrogens with zero attached hydrogens (tertiary/aromatic N) is 1. The molecule has 17 heavy (non-hydrogen) atoms. The molecule has 0 heterocycles. The molecule has 0 spiro atoms. The van der Waals surface area contributed by atoms with Gasteiger partial charge in [0.25, 0.3) is 0 Å². The lowest BCUT2D eigenvalue weighted by Crippen LogP contribution is -2.26. The fourth-order valence-corrected chi connectivity index (χ4v) is 2.86. The molecule has 2 atom stereocenters. The maximum Gasteiger partial charge on any atom is 0.103 e. The molecule has 0 saturated heterocycles. The zero-order valence-electron chi connectivity index (χ0n) is 9.49. The zero-order chi connectivity index (χ0) is 12.3. The van der Waals surface area contributed by atoms with Crippen LogP contribution < -0.4 is 5.32 Å². The topological polar surface area (TPSA) is 56.0 Å². The Hall–Kier alpha value is -1.05. The second-order valence-corrected chi connectivity index (χ2v) is 5.25. The Morgan fingerprint density at radius 1 is 1.47 bits per heavy atom. The molecular weight excluding hydrogens is 280 g/mol. The Balaban J connectivity index is 2.19. The van der Waals surface area contributed by atoms with Crippen molar-refractivity contribution in [2.45, 2.75) is 25.3 Å². The number of halogens is 1. The summed E-state index contributed by atoms with van der Waals surface area (Å²) in [6, 6.07) is 8.17. The number of aliphatic hydroxyl groups excluding tert-OH is 1. The van der Waals surface area contributed by atoms with Crippen LogP contribution in [0.3, 0.4) is 0 Å². The van der Waals surface area contributed by atoms with E-state index >= 15 is 0 Å². The summed E-state index contributed by atoms with van der Waals surface area (Å²) in [7, 11) is 0. The van der Waals surface area contributed by atoms with E-state index in [1.165, 1.54) is 0 Å². The van der Waals surface area contributed by atoms with E-state index in [2.05, 4.69) is 27.3 Å². The lowest BCUT2D eigenvalue weighted by molar-refractivity contribution is 0.222. The Morgan fingerprint density at radius 3 is 3.00 bits per heavy atom. The summed E-state index contributed by atoms with van der Waals surface area (Å²) in [5.41, 5.74) is 1.49. The van der Waals surface area contributed by atoms with Crippen LogP contribution in [0.5, 0.6) is 0 Å². The minimum atomic E-state index is 0.216. The summed E-state index contributed by atoms with van der Waals surface area (Å²) in [5.74, 6) is 0.306. The highest BCUT2D eigenvalue weighted by Crippen LogP contribution is 2.31. The number of hydrogen-bond donors (Lipinski definition) is 2.